The standard InChI is InChI=1S/C27H23F3N2O4/c1-34-18-11-12-22-21(15-18)19-13-14-32(25(24(19)31-22)20-5-3-4-6-23(20)35-2)26(33)16-7-9-17(10-8-16)36-27(28,29)30/h3-12,15,25,31H,13-14H2,1-2H3/t25-/m0/s1. The summed E-state index contributed by atoms with van der Waals surface area (Å²) in [7, 11) is 3.19. The first kappa shape index (κ1) is 23.6. The number of alkyl halides is 3. The highest BCUT2D eigenvalue weighted by molar-refractivity contribution is 5.96. The van der Waals surface area contributed by atoms with Gasteiger partial charge in [-0.2, -0.15) is 0 Å². The molecule has 0 fully saturated rings. The zero-order chi connectivity index (χ0) is 25.4. The average molecular weight is 496 g/mol. The molecule has 2 heterocycles. The van der Waals surface area contributed by atoms with Gasteiger partial charge in [0.1, 0.15) is 23.3 Å². The molecule has 0 aliphatic carbocycles. The number of nitrogens with zero attached hydrogens (tertiary/aromatic N) is 1. The first-order chi connectivity index (χ1) is 17.3. The van der Waals surface area contributed by atoms with Gasteiger partial charge in [-0.15, -0.1) is 13.2 Å². The van der Waals surface area contributed by atoms with Crippen LogP contribution in [0.5, 0.6) is 17.2 Å². The number of benzene rings is 3. The summed E-state index contributed by atoms with van der Waals surface area (Å²) in [5.74, 6) is 0.660. The first-order valence-corrected chi connectivity index (χ1v) is 11.3. The van der Waals surface area contributed by atoms with Crippen LogP contribution < -0.4 is 14.2 Å². The van der Waals surface area contributed by atoms with Gasteiger partial charge in [0.15, 0.2) is 0 Å². The summed E-state index contributed by atoms with van der Waals surface area (Å²) in [6.45, 7) is 0.402. The third-order valence-electron chi connectivity index (χ3n) is 6.36. The third-order valence-corrected chi connectivity index (χ3v) is 6.36. The number of para-hydroxylation sites is 1. The SMILES string of the molecule is COc1ccc2[nH]c3c(c2c1)CCN(C(=O)c1ccc(OC(F)(F)F)cc1)[C@H]3c1ccccc1OC. The van der Waals surface area contributed by atoms with Crippen LogP contribution in [0.15, 0.2) is 66.7 Å². The number of aromatic nitrogens is 1. The molecule has 1 N–H and O–H groups in total. The molecule has 1 aliphatic rings. The van der Waals surface area contributed by atoms with E-state index in [0.717, 1.165) is 45.6 Å². The molecule has 1 aromatic heterocycles. The summed E-state index contributed by atoms with van der Waals surface area (Å²) < 4.78 is 52.7. The number of H-pyrrole nitrogens is 1. The highest BCUT2D eigenvalue weighted by atomic mass is 19.4. The van der Waals surface area contributed by atoms with Gasteiger partial charge in [0.2, 0.25) is 0 Å². The fourth-order valence-corrected chi connectivity index (χ4v) is 4.79. The number of carbonyl (C=O) groups excluding carboxylic acids is 1. The maximum atomic E-state index is 13.7. The molecule has 186 valence electrons. The zero-order valence-corrected chi connectivity index (χ0v) is 19.6. The summed E-state index contributed by atoms with van der Waals surface area (Å²) in [6, 6.07) is 17.7. The van der Waals surface area contributed by atoms with Gasteiger partial charge >= 0.3 is 6.36 Å². The maximum absolute atomic E-state index is 13.7. The third kappa shape index (κ3) is 4.32. The Bertz CT molecular complexity index is 1410. The van der Waals surface area contributed by atoms with Crippen molar-refractivity contribution in [3.63, 3.8) is 0 Å². The number of carbonyl (C=O) groups is 1. The summed E-state index contributed by atoms with van der Waals surface area (Å²) in [6.07, 6.45) is -4.21. The van der Waals surface area contributed by atoms with Gasteiger partial charge in [-0.25, -0.2) is 0 Å². The number of nitrogens with one attached hydrogen (secondary N) is 1. The normalized spacial score (nSPS) is 15.5. The van der Waals surface area contributed by atoms with E-state index in [1.165, 1.54) is 12.1 Å². The van der Waals surface area contributed by atoms with Crippen LogP contribution in [-0.2, 0) is 6.42 Å². The molecular weight excluding hydrogens is 473 g/mol. The highest BCUT2D eigenvalue weighted by Crippen LogP contribution is 2.42. The van der Waals surface area contributed by atoms with Crippen LogP contribution in [0.2, 0.25) is 0 Å². The Balaban J connectivity index is 1.59. The fourth-order valence-electron chi connectivity index (χ4n) is 4.79. The van der Waals surface area contributed by atoms with Gasteiger partial charge in [-0.3, -0.25) is 4.79 Å². The van der Waals surface area contributed by atoms with Crippen molar-refractivity contribution < 1.29 is 32.2 Å². The van der Waals surface area contributed by atoms with E-state index in [-0.39, 0.29) is 17.2 Å². The van der Waals surface area contributed by atoms with Crippen LogP contribution in [0, 0.1) is 0 Å². The second-order valence-electron chi connectivity index (χ2n) is 8.39. The fraction of sp³-hybridized carbons (Fsp3) is 0.222. The summed E-state index contributed by atoms with van der Waals surface area (Å²) in [5.41, 5.74) is 3.91. The average Bonchev–Trinajstić information content (AvgIpc) is 3.25. The van der Waals surface area contributed by atoms with Crippen LogP contribution in [-0.4, -0.2) is 42.9 Å². The van der Waals surface area contributed by atoms with Crippen molar-refractivity contribution in [1.29, 1.82) is 0 Å². The van der Waals surface area contributed by atoms with Crippen molar-refractivity contribution in [2.45, 2.75) is 18.8 Å². The number of fused-ring (bicyclic) bond motifs is 3. The number of halogens is 3. The lowest BCUT2D eigenvalue weighted by molar-refractivity contribution is -0.274. The molecule has 1 amide bonds. The molecule has 0 bridgehead atoms. The minimum Gasteiger partial charge on any atom is -0.497 e. The molecule has 0 spiro atoms. The number of hydrogen-bond donors (Lipinski definition) is 1. The Morgan fingerprint density at radius 1 is 0.972 bits per heavy atom. The second kappa shape index (κ2) is 9.14. The van der Waals surface area contributed by atoms with Gasteiger partial charge in [0.05, 0.1) is 14.2 Å². The first-order valence-electron chi connectivity index (χ1n) is 11.3. The van der Waals surface area contributed by atoms with Crippen molar-refractivity contribution in [1.82, 2.24) is 9.88 Å². The van der Waals surface area contributed by atoms with Crippen LogP contribution in [0.4, 0.5) is 13.2 Å². The molecule has 3 aromatic carbocycles. The van der Waals surface area contributed by atoms with E-state index in [1.54, 1.807) is 19.1 Å². The molecule has 0 saturated carbocycles. The molecule has 1 atom stereocenters. The van der Waals surface area contributed by atoms with Gasteiger partial charge < -0.3 is 24.1 Å². The Labute approximate surface area is 205 Å². The highest BCUT2D eigenvalue weighted by Gasteiger charge is 2.37. The molecule has 36 heavy (non-hydrogen) atoms. The molecule has 6 nitrogen and oxygen atoms in total. The Morgan fingerprint density at radius 3 is 2.39 bits per heavy atom. The van der Waals surface area contributed by atoms with Crippen molar-refractivity contribution >= 4 is 16.8 Å². The number of ether oxygens (including phenoxy) is 3. The predicted octanol–water partition coefficient (Wildman–Crippen LogP) is 5.87. The van der Waals surface area contributed by atoms with Gasteiger partial charge in [-0.1, -0.05) is 18.2 Å². The van der Waals surface area contributed by atoms with E-state index in [1.807, 2.05) is 42.5 Å². The largest absolute Gasteiger partial charge is 0.573 e. The van der Waals surface area contributed by atoms with Gasteiger partial charge in [0.25, 0.3) is 5.91 Å². The molecule has 0 unspecified atom stereocenters. The number of aromatic amines is 1. The van der Waals surface area contributed by atoms with E-state index < -0.39 is 12.4 Å². The summed E-state index contributed by atoms with van der Waals surface area (Å²) in [4.78, 5) is 18.9. The van der Waals surface area contributed by atoms with Crippen LogP contribution in [0.25, 0.3) is 10.9 Å². The van der Waals surface area contributed by atoms with Crippen molar-refractivity contribution in [2.24, 2.45) is 0 Å². The molecule has 5 rings (SSSR count). The minimum atomic E-state index is -4.80. The number of amides is 1. The van der Waals surface area contributed by atoms with Gasteiger partial charge in [0, 0.05) is 34.3 Å². The zero-order valence-electron chi connectivity index (χ0n) is 19.6. The summed E-state index contributed by atoms with van der Waals surface area (Å²) in [5, 5.41) is 1.02. The van der Waals surface area contributed by atoms with E-state index in [0.29, 0.717) is 18.7 Å². The maximum Gasteiger partial charge on any atom is 0.573 e. The smallest absolute Gasteiger partial charge is 0.497 e. The van der Waals surface area contributed by atoms with Crippen LogP contribution in [0.3, 0.4) is 0 Å². The molecule has 0 radical (unpaired) electrons. The number of hydrogen-bond acceptors (Lipinski definition) is 4. The Morgan fingerprint density at radius 2 is 1.69 bits per heavy atom. The second-order valence-corrected chi connectivity index (χ2v) is 8.39. The lowest BCUT2D eigenvalue weighted by atomic mass is 9.91. The molecule has 9 heteroatoms. The van der Waals surface area contributed by atoms with Gasteiger partial charge in [-0.05, 0) is 60.5 Å². The quantitative estimate of drug-likeness (QED) is 0.375. The van der Waals surface area contributed by atoms with Crippen molar-refractivity contribution in [3.8, 4) is 17.2 Å². The monoisotopic (exact) mass is 496 g/mol. The molecule has 0 saturated heterocycles. The topological polar surface area (TPSA) is 63.8 Å². The summed E-state index contributed by atoms with van der Waals surface area (Å²) >= 11 is 0. The molecular formula is C27H23F3N2O4. The van der Waals surface area contributed by atoms with E-state index >= 15 is 0 Å². The van der Waals surface area contributed by atoms with E-state index in [2.05, 4.69) is 9.72 Å². The van der Waals surface area contributed by atoms with E-state index in [9.17, 15) is 18.0 Å². The van der Waals surface area contributed by atoms with E-state index in [4.69, 9.17) is 9.47 Å². The Kier molecular flexibility index (Phi) is 5.99. The van der Waals surface area contributed by atoms with Crippen LogP contribution >= 0.6 is 0 Å². The van der Waals surface area contributed by atoms with Crippen LogP contribution in [0.1, 0.15) is 33.2 Å². The predicted molar refractivity (Wildman–Crippen MR) is 128 cm³/mol. The lowest BCUT2D eigenvalue weighted by Crippen LogP contribution is -2.40. The number of rotatable bonds is 5. The minimum absolute atomic E-state index is 0.255. The Hall–Kier alpha value is -4.14. The molecule has 4 aromatic rings. The lowest BCUT2D eigenvalue weighted by Gasteiger charge is -2.37. The molecule has 1 aliphatic heterocycles. The van der Waals surface area contributed by atoms with Crippen molar-refractivity contribution in [2.75, 3.05) is 20.8 Å². The number of methoxy groups -OCH3 is 2. The van der Waals surface area contributed by atoms with Crippen molar-refractivity contribution in [3.05, 3.63) is 89.1 Å².